The molecule has 0 aliphatic heterocycles. The Morgan fingerprint density at radius 1 is 1.19 bits per heavy atom. The number of rotatable bonds is 1. The molecule has 0 saturated carbocycles. The van der Waals surface area contributed by atoms with E-state index >= 15 is 0 Å². The number of anilines is 1. The molecular weight excluding hydrogens is 281 g/mol. The molecule has 2 N–H and O–H groups in total. The highest BCUT2D eigenvalue weighted by atomic mass is 19.4. The summed E-state index contributed by atoms with van der Waals surface area (Å²) in [5.41, 5.74) is 6.47. The van der Waals surface area contributed by atoms with Crippen LogP contribution in [0.4, 0.5) is 18.9 Å². The van der Waals surface area contributed by atoms with E-state index in [-0.39, 0.29) is 5.56 Å². The highest BCUT2D eigenvalue weighted by molar-refractivity contribution is 5.93. The van der Waals surface area contributed by atoms with Gasteiger partial charge in [-0.25, -0.2) is 0 Å². The number of benzene rings is 1. The number of hydrogen-bond acceptors (Lipinski definition) is 3. The molecule has 0 bridgehead atoms. The number of nitrogens with two attached hydrogens (primary N) is 1. The van der Waals surface area contributed by atoms with Crippen LogP contribution in [0.25, 0.3) is 22.0 Å². The molecule has 3 rings (SSSR count). The van der Waals surface area contributed by atoms with Crippen molar-refractivity contribution in [2.24, 2.45) is 7.05 Å². The van der Waals surface area contributed by atoms with Gasteiger partial charge in [-0.3, -0.25) is 9.67 Å². The molecule has 0 fully saturated rings. The van der Waals surface area contributed by atoms with E-state index in [1.165, 1.54) is 13.2 Å². The molecule has 7 heteroatoms. The highest BCUT2D eigenvalue weighted by Crippen LogP contribution is 2.37. The molecule has 0 unspecified atom stereocenters. The molecule has 21 heavy (non-hydrogen) atoms. The fourth-order valence-corrected chi connectivity index (χ4v) is 2.24. The molecule has 0 aliphatic carbocycles. The topological polar surface area (TPSA) is 56.7 Å². The zero-order chi connectivity index (χ0) is 15.2. The SMILES string of the molecule is Cn1cc(-c2ccc3nccc(N)c3c2)c(C(F)(F)F)n1. The van der Waals surface area contributed by atoms with Crippen LogP contribution in [-0.4, -0.2) is 14.8 Å². The van der Waals surface area contributed by atoms with Crippen LogP contribution in [0.1, 0.15) is 5.69 Å². The summed E-state index contributed by atoms with van der Waals surface area (Å²) in [7, 11) is 1.45. The first-order valence-corrected chi connectivity index (χ1v) is 6.12. The molecule has 0 saturated heterocycles. The first-order chi connectivity index (χ1) is 9.86. The van der Waals surface area contributed by atoms with Gasteiger partial charge in [0.05, 0.1) is 5.52 Å². The quantitative estimate of drug-likeness (QED) is 0.749. The zero-order valence-corrected chi connectivity index (χ0v) is 11.0. The Balaban J connectivity index is 2.24. The van der Waals surface area contributed by atoms with E-state index in [2.05, 4.69) is 10.1 Å². The summed E-state index contributed by atoms with van der Waals surface area (Å²) in [6.07, 6.45) is -1.61. The summed E-state index contributed by atoms with van der Waals surface area (Å²) in [5.74, 6) is 0. The van der Waals surface area contributed by atoms with Crippen molar-refractivity contribution in [3.05, 3.63) is 42.4 Å². The number of alkyl halides is 3. The number of pyridine rings is 1. The lowest BCUT2D eigenvalue weighted by Crippen LogP contribution is -2.08. The predicted octanol–water partition coefficient (Wildman–Crippen LogP) is 3.24. The summed E-state index contributed by atoms with van der Waals surface area (Å²) in [6.45, 7) is 0. The van der Waals surface area contributed by atoms with Gasteiger partial charge in [-0.2, -0.15) is 18.3 Å². The lowest BCUT2D eigenvalue weighted by Gasteiger charge is -2.08. The second-order valence-corrected chi connectivity index (χ2v) is 4.69. The summed E-state index contributed by atoms with van der Waals surface area (Å²) in [4.78, 5) is 4.13. The van der Waals surface area contributed by atoms with Crippen LogP contribution in [0.3, 0.4) is 0 Å². The molecule has 0 amide bonds. The number of aryl methyl sites for hydroxylation is 1. The van der Waals surface area contributed by atoms with Crippen LogP contribution in [0.5, 0.6) is 0 Å². The van der Waals surface area contributed by atoms with Crippen LogP contribution in [-0.2, 0) is 13.2 Å². The molecule has 0 atom stereocenters. The third kappa shape index (κ3) is 2.31. The molecule has 0 radical (unpaired) electrons. The normalized spacial score (nSPS) is 12.0. The molecule has 0 spiro atoms. The largest absolute Gasteiger partial charge is 0.435 e. The van der Waals surface area contributed by atoms with E-state index in [4.69, 9.17) is 5.73 Å². The summed E-state index contributed by atoms with van der Waals surface area (Å²) in [5, 5.41) is 4.12. The molecule has 3 aromatic rings. The van der Waals surface area contributed by atoms with Crippen molar-refractivity contribution in [3.8, 4) is 11.1 Å². The molecule has 108 valence electrons. The van der Waals surface area contributed by atoms with Crippen LogP contribution in [0.15, 0.2) is 36.7 Å². The summed E-state index contributed by atoms with van der Waals surface area (Å²) in [6, 6.07) is 6.44. The van der Waals surface area contributed by atoms with Crippen molar-refractivity contribution < 1.29 is 13.2 Å². The number of halogens is 3. The fourth-order valence-electron chi connectivity index (χ4n) is 2.24. The van der Waals surface area contributed by atoms with Gasteiger partial charge in [-0.1, -0.05) is 6.07 Å². The maximum atomic E-state index is 13.0. The maximum Gasteiger partial charge on any atom is 0.435 e. The summed E-state index contributed by atoms with van der Waals surface area (Å²) >= 11 is 0. The molecule has 0 aliphatic rings. The smallest absolute Gasteiger partial charge is 0.398 e. The predicted molar refractivity (Wildman–Crippen MR) is 73.4 cm³/mol. The number of nitrogens with zero attached hydrogens (tertiary/aromatic N) is 3. The second kappa shape index (κ2) is 4.47. The van der Waals surface area contributed by atoms with E-state index in [1.54, 1.807) is 30.5 Å². The van der Waals surface area contributed by atoms with Gasteiger partial charge in [-0.15, -0.1) is 0 Å². The van der Waals surface area contributed by atoms with E-state index in [1.807, 2.05) is 0 Å². The van der Waals surface area contributed by atoms with Gasteiger partial charge in [0, 0.05) is 36.1 Å². The first kappa shape index (κ1) is 13.4. The Hall–Kier alpha value is -2.57. The zero-order valence-electron chi connectivity index (χ0n) is 11.0. The number of hydrogen-bond donors (Lipinski definition) is 1. The number of fused-ring (bicyclic) bond motifs is 1. The van der Waals surface area contributed by atoms with Gasteiger partial charge in [-0.05, 0) is 23.8 Å². The third-order valence-corrected chi connectivity index (χ3v) is 3.18. The highest BCUT2D eigenvalue weighted by Gasteiger charge is 2.37. The van der Waals surface area contributed by atoms with Crippen molar-refractivity contribution in [2.75, 3.05) is 5.73 Å². The minimum Gasteiger partial charge on any atom is -0.398 e. The van der Waals surface area contributed by atoms with E-state index < -0.39 is 11.9 Å². The molecule has 2 heterocycles. The fraction of sp³-hybridized carbons (Fsp3) is 0.143. The van der Waals surface area contributed by atoms with E-state index in [0.717, 1.165) is 4.68 Å². The molecule has 4 nitrogen and oxygen atoms in total. The lowest BCUT2D eigenvalue weighted by atomic mass is 10.0. The third-order valence-electron chi connectivity index (χ3n) is 3.18. The van der Waals surface area contributed by atoms with Gasteiger partial charge in [0.25, 0.3) is 0 Å². The van der Waals surface area contributed by atoms with Crippen LogP contribution in [0.2, 0.25) is 0 Å². The van der Waals surface area contributed by atoms with Crippen LogP contribution < -0.4 is 5.73 Å². The van der Waals surface area contributed by atoms with Crippen LogP contribution >= 0.6 is 0 Å². The van der Waals surface area contributed by atoms with E-state index in [9.17, 15) is 13.2 Å². The Morgan fingerprint density at radius 3 is 2.67 bits per heavy atom. The minimum absolute atomic E-state index is 0.0233. The standard InChI is InChI=1S/C14H11F3N4/c1-21-7-10(13(20-21)14(15,16)17)8-2-3-12-9(6-8)11(18)4-5-19-12/h2-7H,1H3,(H2,18,19). The number of nitrogen functional groups attached to an aromatic ring is 1. The molecule has 2 aromatic heterocycles. The average Bonchev–Trinajstić information content (AvgIpc) is 2.81. The Labute approximate surface area is 118 Å². The van der Waals surface area contributed by atoms with Crippen LogP contribution in [0, 0.1) is 0 Å². The second-order valence-electron chi connectivity index (χ2n) is 4.69. The number of aromatic nitrogens is 3. The van der Waals surface area contributed by atoms with Crippen molar-refractivity contribution in [1.82, 2.24) is 14.8 Å². The van der Waals surface area contributed by atoms with Gasteiger partial charge in [0.2, 0.25) is 0 Å². The van der Waals surface area contributed by atoms with Crippen molar-refractivity contribution in [2.45, 2.75) is 6.18 Å². The van der Waals surface area contributed by atoms with Gasteiger partial charge in [0.15, 0.2) is 5.69 Å². The maximum absolute atomic E-state index is 13.0. The van der Waals surface area contributed by atoms with Gasteiger partial charge < -0.3 is 5.73 Å². The van der Waals surface area contributed by atoms with Crippen molar-refractivity contribution in [3.63, 3.8) is 0 Å². The Morgan fingerprint density at radius 2 is 1.95 bits per heavy atom. The monoisotopic (exact) mass is 292 g/mol. The minimum atomic E-state index is -4.51. The molecular formula is C14H11F3N4. The first-order valence-electron chi connectivity index (χ1n) is 6.12. The average molecular weight is 292 g/mol. The van der Waals surface area contributed by atoms with Gasteiger partial charge in [0.1, 0.15) is 0 Å². The Bertz CT molecular complexity index is 821. The lowest BCUT2D eigenvalue weighted by molar-refractivity contribution is -0.140. The van der Waals surface area contributed by atoms with E-state index in [0.29, 0.717) is 22.2 Å². The van der Waals surface area contributed by atoms with Gasteiger partial charge >= 0.3 is 6.18 Å². The summed E-state index contributed by atoms with van der Waals surface area (Å²) < 4.78 is 40.2. The van der Waals surface area contributed by atoms with Crippen molar-refractivity contribution in [1.29, 1.82) is 0 Å². The van der Waals surface area contributed by atoms with Crippen molar-refractivity contribution >= 4 is 16.6 Å². The Kier molecular flexibility index (Phi) is 2.86. The molecule has 1 aromatic carbocycles.